The quantitative estimate of drug-likeness (QED) is 0.657. The molecule has 1 heterocycles. The van der Waals surface area contributed by atoms with E-state index >= 15 is 0 Å². The summed E-state index contributed by atoms with van der Waals surface area (Å²) in [4.78, 5) is 7.96. The summed E-state index contributed by atoms with van der Waals surface area (Å²) in [5.41, 5.74) is 0. The normalized spacial score (nSPS) is 9.36. The molecule has 0 amide bonds. The van der Waals surface area contributed by atoms with Gasteiger partial charge in [0.1, 0.15) is 0 Å². The number of hydrogen-bond donors (Lipinski definition) is 0. The van der Waals surface area contributed by atoms with E-state index in [1.165, 1.54) is 29.6 Å². The van der Waals surface area contributed by atoms with Gasteiger partial charge in [-0.05, 0) is 0 Å². The summed E-state index contributed by atoms with van der Waals surface area (Å²) in [6, 6.07) is 2.14. The molecule has 1 aromatic heterocycles. The Labute approximate surface area is 78.0 Å². The van der Waals surface area contributed by atoms with Crippen LogP contribution in [0.5, 0.6) is 11.9 Å². The van der Waals surface area contributed by atoms with Crippen LogP contribution in [-0.4, -0.2) is 46.7 Å². The van der Waals surface area contributed by atoms with Gasteiger partial charge in [0.25, 0.3) is 0 Å². The third kappa shape index (κ3) is 2.21. The van der Waals surface area contributed by atoms with E-state index in [1.807, 2.05) is 0 Å². The molecule has 0 saturated carbocycles. The Morgan fingerprint density at radius 3 is 2.55 bits per heavy atom. The van der Waals surface area contributed by atoms with Gasteiger partial charge in [-0.3, -0.25) is 0 Å². The zero-order chi connectivity index (χ0) is 8.27. The SMILES string of the molecule is COc1c[c]([Sn])nc(OC)n1. The van der Waals surface area contributed by atoms with Crippen molar-refractivity contribution < 1.29 is 9.47 Å². The predicted molar refractivity (Wildman–Crippen MR) is 40.5 cm³/mol. The van der Waals surface area contributed by atoms with Gasteiger partial charge in [-0.15, -0.1) is 0 Å². The van der Waals surface area contributed by atoms with E-state index in [9.17, 15) is 0 Å². The Bertz CT molecular complexity index is 232. The van der Waals surface area contributed by atoms with Crippen molar-refractivity contribution in [3.8, 4) is 11.9 Å². The van der Waals surface area contributed by atoms with Crippen molar-refractivity contribution in [1.29, 1.82) is 0 Å². The third-order valence-corrected chi connectivity index (χ3v) is 1.80. The van der Waals surface area contributed by atoms with Gasteiger partial charge in [-0.1, -0.05) is 0 Å². The van der Waals surface area contributed by atoms with Gasteiger partial charge in [0.05, 0.1) is 0 Å². The van der Waals surface area contributed by atoms with E-state index in [1.54, 1.807) is 13.2 Å². The van der Waals surface area contributed by atoms with Crippen LogP contribution in [0, 0.1) is 0 Å². The van der Waals surface area contributed by atoms with Crippen LogP contribution < -0.4 is 13.2 Å². The van der Waals surface area contributed by atoms with Crippen molar-refractivity contribution in [2.75, 3.05) is 14.2 Å². The molecule has 4 nitrogen and oxygen atoms in total. The summed E-state index contributed by atoms with van der Waals surface area (Å²) in [7, 11) is 3.10. The number of nitrogens with zero attached hydrogens (tertiary/aromatic N) is 2. The molecule has 0 bridgehead atoms. The maximum atomic E-state index is 4.92. The Morgan fingerprint density at radius 1 is 1.27 bits per heavy atom. The van der Waals surface area contributed by atoms with Crippen LogP contribution in [-0.2, 0) is 0 Å². The standard InChI is InChI=1S/C6H7N2O2.Sn/c1-9-5-3-4-7-6(8-5)10-2;/h3H,1-2H3;. The molecule has 0 aliphatic heterocycles. The second-order valence-electron chi connectivity index (χ2n) is 1.78. The summed E-state index contributed by atoms with van der Waals surface area (Å²) in [6.07, 6.45) is 0. The first-order valence-corrected chi connectivity index (χ1v) is 4.37. The van der Waals surface area contributed by atoms with Crippen LogP contribution in [0.3, 0.4) is 0 Å². The average Bonchev–Trinajstić information content (AvgIpc) is 2.03. The number of methoxy groups -OCH3 is 2. The fourth-order valence-electron chi connectivity index (χ4n) is 0.600. The van der Waals surface area contributed by atoms with Crippen LogP contribution in [0.15, 0.2) is 6.07 Å². The molecule has 3 radical (unpaired) electrons. The van der Waals surface area contributed by atoms with Crippen molar-refractivity contribution in [2.45, 2.75) is 0 Å². The molecule has 0 aliphatic rings. The first kappa shape index (κ1) is 8.57. The molecule has 0 saturated heterocycles. The van der Waals surface area contributed by atoms with E-state index in [4.69, 9.17) is 9.47 Å². The van der Waals surface area contributed by atoms with Crippen LogP contribution >= 0.6 is 0 Å². The maximum absolute atomic E-state index is 4.92. The molecule has 0 spiro atoms. The van der Waals surface area contributed by atoms with Crippen molar-refractivity contribution in [2.24, 2.45) is 0 Å². The Kier molecular flexibility index (Phi) is 2.92. The third-order valence-electron chi connectivity index (χ3n) is 1.07. The zero-order valence-electron chi connectivity index (χ0n) is 6.29. The summed E-state index contributed by atoms with van der Waals surface area (Å²) in [5, 5.41) is 0. The van der Waals surface area contributed by atoms with Crippen LogP contribution in [0.4, 0.5) is 0 Å². The molecule has 0 aliphatic carbocycles. The number of rotatable bonds is 2. The van der Waals surface area contributed by atoms with Gasteiger partial charge in [0.2, 0.25) is 0 Å². The summed E-state index contributed by atoms with van der Waals surface area (Å²) >= 11 is 1.22. The predicted octanol–water partition coefficient (Wildman–Crippen LogP) is -0.712. The summed E-state index contributed by atoms with van der Waals surface area (Å²) in [6.45, 7) is 0. The fraction of sp³-hybridized carbons (Fsp3) is 0.333. The van der Waals surface area contributed by atoms with Gasteiger partial charge in [-0.2, -0.15) is 0 Å². The Hall–Kier alpha value is -0.521. The molecule has 0 unspecified atom stereocenters. The minimum absolute atomic E-state index is 0.358. The first-order valence-electron chi connectivity index (χ1n) is 2.95. The number of hydrogen-bond acceptors (Lipinski definition) is 4. The van der Waals surface area contributed by atoms with E-state index < -0.39 is 0 Å². The van der Waals surface area contributed by atoms with Gasteiger partial charge < -0.3 is 0 Å². The van der Waals surface area contributed by atoms with Gasteiger partial charge in [0.15, 0.2) is 0 Å². The van der Waals surface area contributed by atoms with E-state index in [0.717, 1.165) is 3.71 Å². The van der Waals surface area contributed by atoms with Crippen molar-refractivity contribution in [1.82, 2.24) is 9.97 Å². The summed E-state index contributed by atoms with van der Waals surface area (Å²) in [5.74, 6) is 0.545. The van der Waals surface area contributed by atoms with Crippen LogP contribution in [0.25, 0.3) is 0 Å². The molecule has 0 aromatic carbocycles. The molecule has 0 atom stereocenters. The number of ether oxygens (including phenoxy) is 2. The van der Waals surface area contributed by atoms with Crippen molar-refractivity contribution >= 4 is 26.2 Å². The molecule has 1 rings (SSSR count). The summed E-state index contributed by atoms with van der Waals surface area (Å²) < 4.78 is 10.7. The molecule has 57 valence electrons. The molecule has 5 heteroatoms. The second-order valence-corrected chi connectivity index (χ2v) is 3.24. The van der Waals surface area contributed by atoms with Crippen LogP contribution in [0.1, 0.15) is 0 Å². The zero-order valence-corrected chi connectivity index (χ0v) is 9.14. The molecular weight excluding hydrogens is 251 g/mol. The van der Waals surface area contributed by atoms with Gasteiger partial charge >= 0.3 is 77.9 Å². The number of aromatic nitrogens is 2. The molecule has 11 heavy (non-hydrogen) atoms. The Morgan fingerprint density at radius 2 is 2.00 bits per heavy atom. The van der Waals surface area contributed by atoms with Crippen molar-refractivity contribution in [3.05, 3.63) is 6.07 Å². The first-order chi connectivity index (χ1) is 5.26. The minimum atomic E-state index is 0.358. The fourth-order valence-corrected chi connectivity index (χ4v) is 1.23. The monoisotopic (exact) mass is 259 g/mol. The van der Waals surface area contributed by atoms with E-state index in [0.29, 0.717) is 11.9 Å². The topological polar surface area (TPSA) is 44.2 Å². The van der Waals surface area contributed by atoms with E-state index in [-0.39, 0.29) is 0 Å². The van der Waals surface area contributed by atoms with E-state index in [2.05, 4.69) is 9.97 Å². The average molecular weight is 258 g/mol. The van der Waals surface area contributed by atoms with Gasteiger partial charge in [0, 0.05) is 0 Å². The molecule has 1 aromatic rings. The van der Waals surface area contributed by atoms with Crippen LogP contribution in [0.2, 0.25) is 0 Å². The Balaban J connectivity index is 3.02. The molecule has 0 N–H and O–H groups in total. The molecule has 0 fully saturated rings. The van der Waals surface area contributed by atoms with Gasteiger partial charge in [-0.25, -0.2) is 0 Å². The second kappa shape index (κ2) is 3.75. The van der Waals surface area contributed by atoms with Crippen molar-refractivity contribution in [3.63, 3.8) is 0 Å². The molecular formula is C6H7N2O2Sn.